The lowest BCUT2D eigenvalue weighted by atomic mass is 10.2. The van der Waals surface area contributed by atoms with E-state index < -0.39 is 0 Å². The number of carbonyl (C=O) groups is 1. The van der Waals surface area contributed by atoms with Crippen molar-refractivity contribution in [2.45, 2.75) is 25.6 Å². The number of ether oxygens (including phenoxy) is 2. The van der Waals surface area contributed by atoms with Gasteiger partial charge in [0, 0.05) is 24.3 Å². The normalized spacial score (nSPS) is 15.6. The SMILES string of the molecule is O=C(CCCCO)Nc1cccc(C2OCCO2)c1. The topological polar surface area (TPSA) is 67.8 Å². The Morgan fingerprint density at radius 2 is 2.11 bits per heavy atom. The lowest BCUT2D eigenvalue weighted by Gasteiger charge is -2.11. The number of unbranched alkanes of at least 4 members (excludes halogenated alkanes) is 1. The first-order valence-electron chi connectivity index (χ1n) is 6.53. The number of rotatable bonds is 6. The number of aliphatic hydroxyl groups excluding tert-OH is 1. The summed E-state index contributed by atoms with van der Waals surface area (Å²) in [4.78, 5) is 11.7. The lowest BCUT2D eigenvalue weighted by Crippen LogP contribution is -2.11. The van der Waals surface area contributed by atoms with Gasteiger partial charge in [0.15, 0.2) is 6.29 Å². The minimum absolute atomic E-state index is 0.0427. The second-order valence-corrected chi connectivity index (χ2v) is 4.43. The van der Waals surface area contributed by atoms with Gasteiger partial charge in [0.25, 0.3) is 0 Å². The van der Waals surface area contributed by atoms with Crippen LogP contribution in [0.3, 0.4) is 0 Å². The quantitative estimate of drug-likeness (QED) is 0.770. The Labute approximate surface area is 112 Å². The maximum atomic E-state index is 11.7. The molecule has 1 amide bonds. The Morgan fingerprint density at radius 3 is 2.84 bits per heavy atom. The van der Waals surface area contributed by atoms with Gasteiger partial charge < -0.3 is 19.9 Å². The number of amides is 1. The molecule has 104 valence electrons. The van der Waals surface area contributed by atoms with Crippen LogP contribution in [0, 0.1) is 0 Å². The molecular weight excluding hydrogens is 246 g/mol. The zero-order chi connectivity index (χ0) is 13.5. The number of hydrogen-bond donors (Lipinski definition) is 2. The van der Waals surface area contributed by atoms with Crippen LogP contribution in [0.25, 0.3) is 0 Å². The monoisotopic (exact) mass is 265 g/mol. The van der Waals surface area contributed by atoms with Crippen molar-refractivity contribution in [3.05, 3.63) is 29.8 Å². The molecule has 1 aromatic rings. The van der Waals surface area contributed by atoms with Crippen molar-refractivity contribution >= 4 is 11.6 Å². The van der Waals surface area contributed by atoms with Crippen molar-refractivity contribution in [3.8, 4) is 0 Å². The van der Waals surface area contributed by atoms with Gasteiger partial charge in [-0.1, -0.05) is 12.1 Å². The van der Waals surface area contributed by atoms with Gasteiger partial charge in [0.2, 0.25) is 5.91 Å². The van der Waals surface area contributed by atoms with Gasteiger partial charge in [-0.25, -0.2) is 0 Å². The van der Waals surface area contributed by atoms with Crippen LogP contribution in [0.4, 0.5) is 5.69 Å². The van der Waals surface area contributed by atoms with Gasteiger partial charge in [-0.3, -0.25) is 4.79 Å². The third-order valence-corrected chi connectivity index (χ3v) is 2.88. The lowest BCUT2D eigenvalue weighted by molar-refractivity contribution is -0.116. The standard InChI is InChI=1S/C14H19NO4/c16-7-2-1-6-13(17)15-12-5-3-4-11(10-12)14-18-8-9-19-14/h3-5,10,14,16H,1-2,6-9H2,(H,15,17). The van der Waals surface area contributed by atoms with Crippen LogP contribution in [0.1, 0.15) is 31.1 Å². The van der Waals surface area contributed by atoms with E-state index in [-0.39, 0.29) is 18.8 Å². The molecule has 0 spiro atoms. The third-order valence-electron chi connectivity index (χ3n) is 2.88. The summed E-state index contributed by atoms with van der Waals surface area (Å²) in [6, 6.07) is 7.48. The molecule has 1 fully saturated rings. The Bertz CT molecular complexity index is 416. The van der Waals surface area contributed by atoms with Crippen LogP contribution < -0.4 is 5.32 Å². The second-order valence-electron chi connectivity index (χ2n) is 4.43. The molecule has 0 radical (unpaired) electrons. The fourth-order valence-corrected chi connectivity index (χ4v) is 1.93. The fourth-order valence-electron chi connectivity index (χ4n) is 1.93. The Morgan fingerprint density at radius 1 is 1.32 bits per heavy atom. The van der Waals surface area contributed by atoms with Crippen LogP contribution in [-0.4, -0.2) is 30.8 Å². The zero-order valence-electron chi connectivity index (χ0n) is 10.8. The number of benzene rings is 1. The Kier molecular flexibility index (Phi) is 5.32. The summed E-state index contributed by atoms with van der Waals surface area (Å²) in [6.07, 6.45) is 1.43. The average molecular weight is 265 g/mol. The number of anilines is 1. The predicted molar refractivity (Wildman–Crippen MR) is 70.7 cm³/mol. The summed E-state index contributed by atoms with van der Waals surface area (Å²) in [5, 5.41) is 11.5. The molecule has 0 atom stereocenters. The molecule has 5 heteroatoms. The molecular formula is C14H19NO4. The smallest absolute Gasteiger partial charge is 0.224 e. The number of hydrogen-bond acceptors (Lipinski definition) is 4. The molecule has 1 heterocycles. The van der Waals surface area contributed by atoms with E-state index in [0.717, 1.165) is 11.3 Å². The molecule has 0 bridgehead atoms. The zero-order valence-corrected chi connectivity index (χ0v) is 10.8. The molecule has 0 saturated carbocycles. The predicted octanol–water partition coefficient (Wildman–Crippen LogP) is 1.83. The van der Waals surface area contributed by atoms with Crippen molar-refractivity contribution in [1.29, 1.82) is 0 Å². The highest BCUT2D eigenvalue weighted by atomic mass is 16.7. The Balaban J connectivity index is 1.89. The van der Waals surface area contributed by atoms with Gasteiger partial charge >= 0.3 is 0 Å². The molecule has 1 saturated heterocycles. The molecule has 1 aliphatic rings. The minimum Gasteiger partial charge on any atom is -0.396 e. The number of carbonyl (C=O) groups excluding carboxylic acids is 1. The van der Waals surface area contributed by atoms with Crippen LogP contribution in [0.15, 0.2) is 24.3 Å². The highest BCUT2D eigenvalue weighted by Crippen LogP contribution is 2.25. The molecule has 19 heavy (non-hydrogen) atoms. The summed E-state index contributed by atoms with van der Waals surface area (Å²) in [5.41, 5.74) is 1.65. The Hall–Kier alpha value is -1.43. The minimum atomic E-state index is -0.328. The number of nitrogens with one attached hydrogen (secondary N) is 1. The van der Waals surface area contributed by atoms with E-state index in [9.17, 15) is 4.79 Å². The van der Waals surface area contributed by atoms with Crippen molar-refractivity contribution in [1.82, 2.24) is 0 Å². The molecule has 5 nitrogen and oxygen atoms in total. The van der Waals surface area contributed by atoms with Gasteiger partial charge in [0.1, 0.15) is 0 Å². The van der Waals surface area contributed by atoms with E-state index in [2.05, 4.69) is 5.32 Å². The first-order chi connectivity index (χ1) is 9.29. The number of aliphatic hydroxyl groups is 1. The van der Waals surface area contributed by atoms with Gasteiger partial charge in [0.05, 0.1) is 13.2 Å². The molecule has 1 aromatic carbocycles. The maximum Gasteiger partial charge on any atom is 0.224 e. The van der Waals surface area contributed by atoms with Gasteiger partial charge in [-0.15, -0.1) is 0 Å². The first kappa shape index (κ1) is 14.0. The van der Waals surface area contributed by atoms with Crippen LogP contribution in [-0.2, 0) is 14.3 Å². The fraction of sp³-hybridized carbons (Fsp3) is 0.500. The molecule has 1 aliphatic heterocycles. The third kappa shape index (κ3) is 4.31. The summed E-state index contributed by atoms with van der Waals surface area (Å²) in [7, 11) is 0. The van der Waals surface area contributed by atoms with E-state index in [0.29, 0.717) is 32.5 Å². The molecule has 0 aliphatic carbocycles. The van der Waals surface area contributed by atoms with Crippen LogP contribution in [0.2, 0.25) is 0 Å². The van der Waals surface area contributed by atoms with Crippen LogP contribution >= 0.6 is 0 Å². The summed E-state index contributed by atoms with van der Waals surface area (Å²) < 4.78 is 10.8. The van der Waals surface area contributed by atoms with E-state index >= 15 is 0 Å². The molecule has 2 N–H and O–H groups in total. The second kappa shape index (κ2) is 7.23. The van der Waals surface area contributed by atoms with Crippen molar-refractivity contribution < 1.29 is 19.4 Å². The molecule has 2 rings (SSSR count). The van der Waals surface area contributed by atoms with Crippen LogP contribution in [0.5, 0.6) is 0 Å². The molecule has 0 aromatic heterocycles. The van der Waals surface area contributed by atoms with Gasteiger partial charge in [-0.2, -0.15) is 0 Å². The highest BCUT2D eigenvalue weighted by molar-refractivity contribution is 5.90. The van der Waals surface area contributed by atoms with E-state index in [4.69, 9.17) is 14.6 Å². The summed E-state index contributed by atoms with van der Waals surface area (Å²) in [6.45, 7) is 1.32. The maximum absolute atomic E-state index is 11.7. The summed E-state index contributed by atoms with van der Waals surface area (Å²) >= 11 is 0. The first-order valence-corrected chi connectivity index (χ1v) is 6.53. The highest BCUT2D eigenvalue weighted by Gasteiger charge is 2.18. The van der Waals surface area contributed by atoms with E-state index in [1.165, 1.54) is 0 Å². The van der Waals surface area contributed by atoms with Gasteiger partial charge in [-0.05, 0) is 25.0 Å². The largest absolute Gasteiger partial charge is 0.396 e. The van der Waals surface area contributed by atoms with E-state index in [1.807, 2.05) is 24.3 Å². The van der Waals surface area contributed by atoms with Crippen molar-refractivity contribution in [3.63, 3.8) is 0 Å². The van der Waals surface area contributed by atoms with E-state index in [1.54, 1.807) is 0 Å². The van der Waals surface area contributed by atoms with Crippen molar-refractivity contribution in [2.75, 3.05) is 25.1 Å². The van der Waals surface area contributed by atoms with Crippen molar-refractivity contribution in [2.24, 2.45) is 0 Å². The average Bonchev–Trinajstić information content (AvgIpc) is 2.93. The summed E-state index contributed by atoms with van der Waals surface area (Å²) in [5.74, 6) is -0.0427. The molecule has 0 unspecified atom stereocenters.